The van der Waals surface area contributed by atoms with Gasteiger partial charge in [0.25, 0.3) is 0 Å². The number of sulfonamides is 1. The summed E-state index contributed by atoms with van der Waals surface area (Å²) in [5.74, 6) is 0. The predicted octanol–water partition coefficient (Wildman–Crippen LogP) is 1.91. The molecule has 19 heavy (non-hydrogen) atoms. The molecule has 1 aromatic rings. The van der Waals surface area contributed by atoms with Crippen LogP contribution in [-0.2, 0) is 16.6 Å². The Kier molecular flexibility index (Phi) is 5.43. The summed E-state index contributed by atoms with van der Waals surface area (Å²) in [6.45, 7) is 5.87. The highest BCUT2D eigenvalue weighted by Gasteiger charge is 2.23. The number of hydrogen-bond donors (Lipinski definition) is 2. The average Bonchev–Trinajstić information content (AvgIpc) is 2.37. The quantitative estimate of drug-likeness (QED) is 0.842. The molecule has 1 rings (SSSR count). The molecule has 0 unspecified atom stereocenters. The van der Waals surface area contributed by atoms with E-state index in [0.717, 1.165) is 0 Å². The lowest BCUT2D eigenvalue weighted by Crippen LogP contribution is -2.36. The normalized spacial score (nSPS) is 12.7. The van der Waals surface area contributed by atoms with Gasteiger partial charge in [-0.15, -0.1) is 0 Å². The Morgan fingerprint density at radius 3 is 2.53 bits per heavy atom. The van der Waals surface area contributed by atoms with Gasteiger partial charge in [-0.25, -0.2) is 13.1 Å². The van der Waals surface area contributed by atoms with Crippen molar-refractivity contribution in [3.05, 3.63) is 29.3 Å². The minimum Gasteiger partial charge on any atom is -0.392 e. The molecule has 0 atom stereocenters. The molecular weight excluding hydrogens is 282 g/mol. The zero-order valence-corrected chi connectivity index (χ0v) is 13.4. The number of hydrogen-bond acceptors (Lipinski definition) is 4. The van der Waals surface area contributed by atoms with Crippen molar-refractivity contribution in [2.24, 2.45) is 0 Å². The Labute approximate surface area is 119 Å². The van der Waals surface area contributed by atoms with E-state index in [1.54, 1.807) is 36.9 Å². The first-order chi connectivity index (χ1) is 8.73. The number of thioether (sulfide) groups is 1. The van der Waals surface area contributed by atoms with Crippen molar-refractivity contribution in [1.82, 2.24) is 4.72 Å². The number of aliphatic hydroxyl groups excluding tert-OH is 1. The van der Waals surface area contributed by atoms with Crippen molar-refractivity contribution in [1.29, 1.82) is 0 Å². The van der Waals surface area contributed by atoms with Crippen molar-refractivity contribution in [2.45, 2.75) is 37.0 Å². The van der Waals surface area contributed by atoms with Crippen LogP contribution in [0.15, 0.2) is 23.1 Å². The molecule has 0 saturated heterocycles. The van der Waals surface area contributed by atoms with E-state index in [0.29, 0.717) is 17.7 Å². The lowest BCUT2D eigenvalue weighted by Gasteiger charge is -2.22. The first-order valence-corrected chi connectivity index (χ1v) is 8.68. The van der Waals surface area contributed by atoms with Crippen LogP contribution in [0.3, 0.4) is 0 Å². The molecule has 0 aromatic heterocycles. The molecule has 0 spiro atoms. The number of benzene rings is 1. The molecule has 0 radical (unpaired) electrons. The third-order valence-corrected chi connectivity index (χ3v) is 5.89. The maximum absolute atomic E-state index is 12.3. The second-order valence-corrected chi connectivity index (χ2v) is 8.24. The summed E-state index contributed by atoms with van der Waals surface area (Å²) in [6.07, 6.45) is 1.95. The molecule has 0 heterocycles. The smallest absolute Gasteiger partial charge is 0.240 e. The standard InChI is InChI=1S/C13H21NO3S2/c1-10-11(8-15)6-5-7-12(10)19(16,17)14-9-13(2,3)18-4/h5-7,14-15H,8-9H2,1-4H3. The zero-order chi connectivity index (χ0) is 14.7. The summed E-state index contributed by atoms with van der Waals surface area (Å²) in [7, 11) is -3.54. The lowest BCUT2D eigenvalue weighted by molar-refractivity contribution is 0.280. The Hall–Kier alpha value is -0.560. The summed E-state index contributed by atoms with van der Waals surface area (Å²) in [5, 5.41) is 9.19. The van der Waals surface area contributed by atoms with Crippen molar-refractivity contribution in [3.63, 3.8) is 0 Å². The summed E-state index contributed by atoms with van der Waals surface area (Å²) >= 11 is 1.61. The van der Waals surface area contributed by atoms with Gasteiger partial charge in [0.15, 0.2) is 0 Å². The fraction of sp³-hybridized carbons (Fsp3) is 0.538. The van der Waals surface area contributed by atoms with E-state index in [9.17, 15) is 13.5 Å². The highest BCUT2D eigenvalue weighted by atomic mass is 32.2. The van der Waals surface area contributed by atoms with E-state index < -0.39 is 10.0 Å². The van der Waals surface area contributed by atoms with Crippen LogP contribution < -0.4 is 4.72 Å². The van der Waals surface area contributed by atoms with E-state index in [1.165, 1.54) is 0 Å². The van der Waals surface area contributed by atoms with E-state index >= 15 is 0 Å². The minimum absolute atomic E-state index is 0.157. The fourth-order valence-electron chi connectivity index (χ4n) is 1.54. The molecule has 0 fully saturated rings. The molecule has 4 nitrogen and oxygen atoms in total. The maximum atomic E-state index is 12.3. The van der Waals surface area contributed by atoms with Crippen LogP contribution in [0, 0.1) is 6.92 Å². The van der Waals surface area contributed by atoms with Gasteiger partial charge < -0.3 is 5.11 Å². The van der Waals surface area contributed by atoms with Crippen LogP contribution in [0.2, 0.25) is 0 Å². The highest BCUT2D eigenvalue weighted by molar-refractivity contribution is 8.00. The van der Waals surface area contributed by atoms with E-state index in [1.807, 2.05) is 20.1 Å². The molecular formula is C13H21NO3S2. The van der Waals surface area contributed by atoms with Crippen molar-refractivity contribution < 1.29 is 13.5 Å². The summed E-state index contributed by atoms with van der Waals surface area (Å²) in [5.41, 5.74) is 1.23. The SMILES string of the molecule is CSC(C)(C)CNS(=O)(=O)c1cccc(CO)c1C. The van der Waals surface area contributed by atoms with Crippen LogP contribution in [0.5, 0.6) is 0 Å². The summed E-state index contributed by atoms with van der Waals surface area (Å²) in [6, 6.07) is 4.93. The van der Waals surface area contributed by atoms with Crippen LogP contribution in [0.25, 0.3) is 0 Å². The molecule has 0 aliphatic carbocycles. The van der Waals surface area contributed by atoms with Gasteiger partial charge in [0.2, 0.25) is 10.0 Å². The Bertz CT molecular complexity index is 539. The predicted molar refractivity (Wildman–Crippen MR) is 79.9 cm³/mol. The molecule has 0 aliphatic heterocycles. The Balaban J connectivity index is 3.02. The number of rotatable bonds is 6. The van der Waals surface area contributed by atoms with Gasteiger partial charge in [0.1, 0.15) is 0 Å². The largest absolute Gasteiger partial charge is 0.392 e. The Morgan fingerprint density at radius 2 is 2.00 bits per heavy atom. The second kappa shape index (κ2) is 6.26. The summed E-state index contributed by atoms with van der Waals surface area (Å²) < 4.78 is 27.0. The van der Waals surface area contributed by atoms with Crippen LogP contribution in [-0.4, -0.2) is 31.1 Å². The number of aliphatic hydroxyl groups is 1. The monoisotopic (exact) mass is 303 g/mol. The van der Waals surface area contributed by atoms with Gasteiger partial charge >= 0.3 is 0 Å². The maximum Gasteiger partial charge on any atom is 0.240 e. The molecule has 0 aliphatic rings. The molecule has 1 aromatic carbocycles. The Morgan fingerprint density at radius 1 is 1.37 bits per heavy atom. The van der Waals surface area contributed by atoms with Gasteiger partial charge in [-0.05, 0) is 44.2 Å². The topological polar surface area (TPSA) is 66.4 Å². The van der Waals surface area contributed by atoms with Gasteiger partial charge in [0.05, 0.1) is 11.5 Å². The molecule has 0 amide bonds. The van der Waals surface area contributed by atoms with E-state index in [2.05, 4.69) is 4.72 Å². The lowest BCUT2D eigenvalue weighted by atomic mass is 10.1. The van der Waals surface area contributed by atoms with Crippen molar-refractivity contribution in [3.8, 4) is 0 Å². The van der Waals surface area contributed by atoms with Crippen molar-refractivity contribution in [2.75, 3.05) is 12.8 Å². The zero-order valence-electron chi connectivity index (χ0n) is 11.7. The molecule has 6 heteroatoms. The molecule has 0 saturated carbocycles. The first kappa shape index (κ1) is 16.5. The molecule has 0 bridgehead atoms. The average molecular weight is 303 g/mol. The van der Waals surface area contributed by atoms with Gasteiger partial charge in [-0.1, -0.05) is 12.1 Å². The van der Waals surface area contributed by atoms with E-state index in [-0.39, 0.29) is 16.2 Å². The molecule has 108 valence electrons. The van der Waals surface area contributed by atoms with Gasteiger partial charge in [0, 0.05) is 11.3 Å². The fourth-order valence-corrected chi connectivity index (χ4v) is 3.35. The molecule has 2 N–H and O–H groups in total. The van der Waals surface area contributed by atoms with Crippen LogP contribution in [0.4, 0.5) is 0 Å². The minimum atomic E-state index is -3.54. The number of nitrogens with one attached hydrogen (secondary N) is 1. The summed E-state index contributed by atoms with van der Waals surface area (Å²) in [4.78, 5) is 0.232. The highest BCUT2D eigenvalue weighted by Crippen LogP contribution is 2.22. The van der Waals surface area contributed by atoms with Gasteiger partial charge in [-0.3, -0.25) is 0 Å². The van der Waals surface area contributed by atoms with Crippen molar-refractivity contribution >= 4 is 21.8 Å². The van der Waals surface area contributed by atoms with E-state index in [4.69, 9.17) is 0 Å². The second-order valence-electron chi connectivity index (χ2n) is 4.99. The van der Waals surface area contributed by atoms with Crippen LogP contribution in [0.1, 0.15) is 25.0 Å². The van der Waals surface area contributed by atoms with Gasteiger partial charge in [-0.2, -0.15) is 11.8 Å². The first-order valence-electron chi connectivity index (χ1n) is 5.97. The third kappa shape index (κ3) is 4.21. The van der Waals surface area contributed by atoms with Crippen LogP contribution >= 0.6 is 11.8 Å². The third-order valence-electron chi connectivity index (χ3n) is 3.10.